The fourth-order valence-electron chi connectivity index (χ4n) is 2.90. The number of para-hydroxylation sites is 1. The van der Waals surface area contributed by atoms with Crippen LogP contribution in [0.2, 0.25) is 0 Å². The number of carbonyl (C=O) groups excluding carboxylic acids is 1. The highest BCUT2D eigenvalue weighted by molar-refractivity contribution is 8.01. The standard InChI is InChI=1S/C21H18N4OS2/c1-13(15-8-4-3-5-9-15)22-20(26)17-12-19(28-21-25-24-14(2)27-21)23-18-11-7-6-10-16(17)18/h3-13H,1-2H3,(H,22,26). The van der Waals surface area contributed by atoms with Gasteiger partial charge >= 0.3 is 0 Å². The number of amides is 1. The molecule has 28 heavy (non-hydrogen) atoms. The van der Waals surface area contributed by atoms with Gasteiger partial charge in [-0.15, -0.1) is 10.2 Å². The lowest BCUT2D eigenvalue weighted by atomic mass is 10.1. The lowest BCUT2D eigenvalue weighted by Crippen LogP contribution is -2.27. The molecular formula is C21H18N4OS2. The molecule has 0 aliphatic carbocycles. The van der Waals surface area contributed by atoms with Crippen molar-refractivity contribution in [1.29, 1.82) is 0 Å². The number of carbonyl (C=O) groups is 1. The van der Waals surface area contributed by atoms with Crippen LogP contribution in [0.1, 0.15) is 33.9 Å². The second-order valence-corrected chi connectivity index (χ2v) is 8.77. The van der Waals surface area contributed by atoms with Crippen LogP contribution in [0.3, 0.4) is 0 Å². The molecule has 5 nitrogen and oxygen atoms in total. The number of hydrogen-bond acceptors (Lipinski definition) is 6. The molecule has 0 saturated carbocycles. The summed E-state index contributed by atoms with van der Waals surface area (Å²) in [5, 5.41) is 13.8. The summed E-state index contributed by atoms with van der Waals surface area (Å²) in [6.45, 7) is 3.90. The molecule has 0 aliphatic rings. The summed E-state index contributed by atoms with van der Waals surface area (Å²) >= 11 is 2.93. The third-order valence-electron chi connectivity index (χ3n) is 4.28. The van der Waals surface area contributed by atoms with Crippen molar-refractivity contribution >= 4 is 39.9 Å². The predicted molar refractivity (Wildman–Crippen MR) is 113 cm³/mol. The van der Waals surface area contributed by atoms with Gasteiger partial charge in [-0.05, 0) is 43.3 Å². The van der Waals surface area contributed by atoms with E-state index in [2.05, 4.69) is 20.5 Å². The second-order valence-electron chi connectivity index (χ2n) is 6.32. The van der Waals surface area contributed by atoms with Crippen molar-refractivity contribution in [3.05, 3.63) is 76.8 Å². The fraction of sp³-hybridized carbons (Fsp3) is 0.143. The number of rotatable bonds is 5. The molecule has 0 aliphatic heterocycles. The van der Waals surface area contributed by atoms with E-state index in [9.17, 15) is 4.79 Å². The number of aryl methyl sites for hydroxylation is 1. The van der Waals surface area contributed by atoms with E-state index >= 15 is 0 Å². The predicted octanol–water partition coefficient (Wildman–Crippen LogP) is 5.04. The van der Waals surface area contributed by atoms with E-state index in [-0.39, 0.29) is 11.9 Å². The molecule has 2 aromatic carbocycles. The summed E-state index contributed by atoms with van der Waals surface area (Å²) in [5.74, 6) is -0.120. The average molecular weight is 407 g/mol. The van der Waals surface area contributed by atoms with Crippen molar-refractivity contribution < 1.29 is 4.79 Å². The summed E-state index contributed by atoms with van der Waals surface area (Å²) in [6, 6.07) is 19.3. The molecule has 0 fully saturated rings. The van der Waals surface area contributed by atoms with Crippen LogP contribution in [0.25, 0.3) is 10.9 Å². The van der Waals surface area contributed by atoms with Crippen LogP contribution >= 0.6 is 23.1 Å². The number of nitrogens with zero attached hydrogens (tertiary/aromatic N) is 3. The normalized spacial score (nSPS) is 12.1. The van der Waals surface area contributed by atoms with Crippen LogP contribution in [-0.4, -0.2) is 21.1 Å². The number of aromatic nitrogens is 3. The number of pyridine rings is 1. The Morgan fingerprint density at radius 1 is 1.07 bits per heavy atom. The van der Waals surface area contributed by atoms with Gasteiger partial charge in [0.25, 0.3) is 5.91 Å². The van der Waals surface area contributed by atoms with Crippen LogP contribution < -0.4 is 5.32 Å². The van der Waals surface area contributed by atoms with Gasteiger partial charge < -0.3 is 5.32 Å². The molecule has 0 saturated heterocycles. The first kappa shape index (κ1) is 18.6. The zero-order valence-electron chi connectivity index (χ0n) is 15.4. The molecule has 7 heteroatoms. The maximum absolute atomic E-state index is 13.1. The van der Waals surface area contributed by atoms with Crippen LogP contribution in [0.5, 0.6) is 0 Å². The monoisotopic (exact) mass is 406 g/mol. The van der Waals surface area contributed by atoms with Crippen molar-refractivity contribution in [2.45, 2.75) is 29.3 Å². The highest BCUT2D eigenvalue weighted by Gasteiger charge is 2.17. The highest BCUT2D eigenvalue weighted by Crippen LogP contribution is 2.31. The smallest absolute Gasteiger partial charge is 0.252 e. The molecule has 140 valence electrons. The lowest BCUT2D eigenvalue weighted by molar-refractivity contribution is 0.0941. The average Bonchev–Trinajstić information content (AvgIpc) is 3.12. The fourth-order valence-corrected chi connectivity index (χ4v) is 4.68. The van der Waals surface area contributed by atoms with Crippen molar-refractivity contribution in [2.24, 2.45) is 0 Å². The van der Waals surface area contributed by atoms with Crippen molar-refractivity contribution in [3.63, 3.8) is 0 Å². The van der Waals surface area contributed by atoms with Gasteiger partial charge in [0.2, 0.25) is 0 Å². The summed E-state index contributed by atoms with van der Waals surface area (Å²) in [6.07, 6.45) is 0. The van der Waals surface area contributed by atoms with E-state index in [4.69, 9.17) is 0 Å². The summed E-state index contributed by atoms with van der Waals surface area (Å²) in [7, 11) is 0. The number of nitrogens with one attached hydrogen (secondary N) is 1. The zero-order valence-corrected chi connectivity index (χ0v) is 17.1. The molecule has 0 bridgehead atoms. The molecule has 0 radical (unpaired) electrons. The molecule has 2 aromatic heterocycles. The first-order valence-electron chi connectivity index (χ1n) is 8.84. The topological polar surface area (TPSA) is 67.8 Å². The van der Waals surface area contributed by atoms with E-state index in [0.717, 1.165) is 30.8 Å². The van der Waals surface area contributed by atoms with Crippen LogP contribution in [-0.2, 0) is 0 Å². The minimum atomic E-state index is -0.120. The van der Waals surface area contributed by atoms with Crippen molar-refractivity contribution in [1.82, 2.24) is 20.5 Å². The quantitative estimate of drug-likeness (QED) is 0.503. The molecule has 4 aromatic rings. The van der Waals surface area contributed by atoms with Gasteiger partial charge in [0.15, 0.2) is 4.34 Å². The number of fused-ring (bicyclic) bond motifs is 1. The third kappa shape index (κ3) is 4.05. The van der Waals surface area contributed by atoms with E-state index < -0.39 is 0 Å². The summed E-state index contributed by atoms with van der Waals surface area (Å²) in [5.41, 5.74) is 2.46. The number of hydrogen-bond donors (Lipinski definition) is 1. The Kier molecular flexibility index (Phi) is 5.36. The van der Waals surface area contributed by atoms with E-state index in [1.54, 1.807) is 0 Å². The molecule has 2 heterocycles. The zero-order chi connectivity index (χ0) is 19.5. The van der Waals surface area contributed by atoms with Crippen LogP contribution in [0, 0.1) is 6.92 Å². The Balaban J connectivity index is 1.67. The Morgan fingerprint density at radius 2 is 1.82 bits per heavy atom. The summed E-state index contributed by atoms with van der Waals surface area (Å²) < 4.78 is 0.810. The molecular weight excluding hydrogens is 388 g/mol. The van der Waals surface area contributed by atoms with Gasteiger partial charge in [-0.2, -0.15) is 0 Å². The minimum absolute atomic E-state index is 0.0949. The van der Waals surface area contributed by atoms with Gasteiger partial charge in [-0.1, -0.05) is 59.9 Å². The molecule has 1 unspecified atom stereocenters. The van der Waals surface area contributed by atoms with Crippen molar-refractivity contribution in [3.8, 4) is 0 Å². The molecule has 1 amide bonds. The van der Waals surface area contributed by atoms with Gasteiger partial charge in [0.1, 0.15) is 10.0 Å². The van der Waals surface area contributed by atoms with E-state index in [1.165, 1.54) is 23.1 Å². The van der Waals surface area contributed by atoms with Crippen molar-refractivity contribution in [2.75, 3.05) is 0 Å². The van der Waals surface area contributed by atoms with Gasteiger partial charge in [-0.25, -0.2) is 4.98 Å². The first-order chi connectivity index (χ1) is 13.6. The Bertz CT molecular complexity index is 1130. The SMILES string of the molecule is Cc1nnc(Sc2cc(C(=O)NC(C)c3ccccc3)c3ccccc3n2)s1. The van der Waals surface area contributed by atoms with Gasteiger partial charge in [-0.3, -0.25) is 4.79 Å². The third-order valence-corrected chi connectivity index (χ3v) is 6.09. The highest BCUT2D eigenvalue weighted by atomic mass is 32.2. The summed E-state index contributed by atoms with van der Waals surface area (Å²) in [4.78, 5) is 17.8. The molecule has 1 N–H and O–H groups in total. The Hall–Kier alpha value is -2.77. The van der Waals surface area contributed by atoms with Gasteiger partial charge in [0.05, 0.1) is 17.1 Å². The minimum Gasteiger partial charge on any atom is -0.345 e. The van der Waals surface area contributed by atoms with Crippen LogP contribution in [0.4, 0.5) is 0 Å². The molecule has 4 rings (SSSR count). The van der Waals surface area contributed by atoms with E-state index in [1.807, 2.05) is 74.5 Å². The largest absolute Gasteiger partial charge is 0.345 e. The maximum Gasteiger partial charge on any atom is 0.252 e. The maximum atomic E-state index is 13.1. The molecule has 0 spiro atoms. The Labute approximate surface area is 171 Å². The first-order valence-corrected chi connectivity index (χ1v) is 10.5. The van der Waals surface area contributed by atoms with Crippen LogP contribution in [0.15, 0.2) is 70.0 Å². The molecule has 1 atom stereocenters. The van der Waals surface area contributed by atoms with E-state index in [0.29, 0.717) is 5.56 Å². The lowest BCUT2D eigenvalue weighted by Gasteiger charge is -2.15. The second kappa shape index (κ2) is 8.08. The number of benzene rings is 2. The van der Waals surface area contributed by atoms with Gasteiger partial charge in [0, 0.05) is 5.39 Å². The Morgan fingerprint density at radius 3 is 2.57 bits per heavy atom.